The number of aromatic nitrogens is 1. The van der Waals surface area contributed by atoms with Crippen molar-refractivity contribution in [2.24, 2.45) is 4.99 Å². The van der Waals surface area contributed by atoms with Gasteiger partial charge in [0.2, 0.25) is 0 Å². The van der Waals surface area contributed by atoms with Crippen LogP contribution < -0.4 is 4.80 Å². The monoisotopic (exact) mass is 363 g/mol. The lowest BCUT2D eigenvalue weighted by atomic mass is 10.3. The molecule has 0 saturated heterocycles. The number of thiophene rings is 1. The number of amides is 1. The predicted octanol–water partition coefficient (Wildman–Crippen LogP) is 3.06. The van der Waals surface area contributed by atoms with Crippen LogP contribution in [-0.2, 0) is 11.3 Å². The SMILES string of the molecule is COCCn1c(=NC(=O)c2ccc([N+](=O)[O-])s2)sc2ccccc21. The Kier molecular flexibility index (Phi) is 4.84. The normalized spacial score (nSPS) is 12.0. The smallest absolute Gasteiger partial charge is 0.324 e. The van der Waals surface area contributed by atoms with Gasteiger partial charge < -0.3 is 9.30 Å². The molecule has 0 radical (unpaired) electrons. The van der Waals surface area contributed by atoms with E-state index in [0.29, 0.717) is 18.0 Å². The summed E-state index contributed by atoms with van der Waals surface area (Å²) < 4.78 is 8.05. The largest absolute Gasteiger partial charge is 0.383 e. The van der Waals surface area contributed by atoms with Crippen molar-refractivity contribution in [3.05, 3.63) is 56.2 Å². The van der Waals surface area contributed by atoms with Crippen LogP contribution in [0.2, 0.25) is 0 Å². The molecule has 0 aliphatic heterocycles. The zero-order valence-corrected chi connectivity index (χ0v) is 14.3. The summed E-state index contributed by atoms with van der Waals surface area (Å²) in [5.74, 6) is -0.481. The number of ether oxygens (including phenoxy) is 1. The van der Waals surface area contributed by atoms with Gasteiger partial charge in [-0.1, -0.05) is 34.8 Å². The Balaban J connectivity index is 2.04. The molecular formula is C15H13N3O4S2. The fourth-order valence-corrected chi connectivity index (χ4v) is 3.95. The summed E-state index contributed by atoms with van der Waals surface area (Å²) >= 11 is 2.23. The average Bonchev–Trinajstić information content (AvgIpc) is 3.18. The maximum Gasteiger partial charge on any atom is 0.324 e. The van der Waals surface area contributed by atoms with Gasteiger partial charge >= 0.3 is 5.00 Å². The molecule has 1 aromatic carbocycles. The van der Waals surface area contributed by atoms with Crippen LogP contribution in [0.5, 0.6) is 0 Å². The molecule has 7 nitrogen and oxygen atoms in total. The summed E-state index contributed by atoms with van der Waals surface area (Å²) in [5, 5.41) is 10.7. The molecule has 0 fully saturated rings. The van der Waals surface area contributed by atoms with Gasteiger partial charge in [0.1, 0.15) is 4.88 Å². The molecule has 0 saturated carbocycles. The lowest BCUT2D eigenvalue weighted by molar-refractivity contribution is -0.380. The van der Waals surface area contributed by atoms with E-state index >= 15 is 0 Å². The van der Waals surface area contributed by atoms with Crippen LogP contribution in [0.1, 0.15) is 9.67 Å². The van der Waals surface area contributed by atoms with Crippen LogP contribution in [0, 0.1) is 10.1 Å². The van der Waals surface area contributed by atoms with Gasteiger partial charge in [0.25, 0.3) is 5.91 Å². The number of fused-ring (bicyclic) bond motifs is 1. The van der Waals surface area contributed by atoms with Crippen LogP contribution in [-0.4, -0.2) is 29.1 Å². The highest BCUT2D eigenvalue weighted by Crippen LogP contribution is 2.24. The van der Waals surface area contributed by atoms with Crippen molar-refractivity contribution in [2.75, 3.05) is 13.7 Å². The fourth-order valence-electron chi connectivity index (χ4n) is 2.19. The number of nitro groups is 1. The number of benzene rings is 1. The van der Waals surface area contributed by atoms with Gasteiger partial charge in [-0.3, -0.25) is 14.9 Å². The molecule has 2 aromatic heterocycles. The molecule has 0 aliphatic rings. The lowest BCUT2D eigenvalue weighted by Crippen LogP contribution is -2.19. The van der Waals surface area contributed by atoms with Crippen molar-refractivity contribution in [1.82, 2.24) is 4.57 Å². The summed E-state index contributed by atoms with van der Waals surface area (Å²) in [7, 11) is 1.61. The molecule has 0 N–H and O–H groups in total. The first-order valence-electron chi connectivity index (χ1n) is 7.00. The highest BCUT2D eigenvalue weighted by Gasteiger charge is 2.15. The van der Waals surface area contributed by atoms with Crippen LogP contribution in [0.15, 0.2) is 41.4 Å². The van der Waals surface area contributed by atoms with E-state index in [4.69, 9.17) is 4.74 Å². The molecule has 0 aliphatic carbocycles. The highest BCUT2D eigenvalue weighted by molar-refractivity contribution is 7.17. The number of thiazole rings is 1. The molecule has 0 unspecified atom stereocenters. The van der Waals surface area contributed by atoms with Gasteiger partial charge in [-0.05, 0) is 18.2 Å². The van der Waals surface area contributed by atoms with Crippen molar-refractivity contribution in [1.29, 1.82) is 0 Å². The Labute approximate surface area is 144 Å². The van der Waals surface area contributed by atoms with Crippen LogP contribution in [0.25, 0.3) is 10.2 Å². The molecule has 24 heavy (non-hydrogen) atoms. The van der Waals surface area contributed by atoms with Crippen molar-refractivity contribution in [2.45, 2.75) is 6.54 Å². The second kappa shape index (κ2) is 7.04. The molecule has 124 valence electrons. The number of carbonyl (C=O) groups excluding carboxylic acids is 1. The average molecular weight is 363 g/mol. The third kappa shape index (κ3) is 3.28. The van der Waals surface area contributed by atoms with Gasteiger partial charge in [-0.25, -0.2) is 0 Å². The van der Waals surface area contributed by atoms with E-state index in [1.807, 2.05) is 28.8 Å². The first-order valence-corrected chi connectivity index (χ1v) is 8.64. The van der Waals surface area contributed by atoms with Gasteiger partial charge in [-0.2, -0.15) is 4.99 Å². The van der Waals surface area contributed by atoms with E-state index in [1.165, 1.54) is 23.5 Å². The number of nitrogens with zero attached hydrogens (tertiary/aromatic N) is 3. The maximum atomic E-state index is 12.3. The zero-order chi connectivity index (χ0) is 17.1. The Morgan fingerprint density at radius 2 is 2.08 bits per heavy atom. The number of rotatable bonds is 5. The summed E-state index contributed by atoms with van der Waals surface area (Å²) in [4.78, 5) is 27.5. The highest BCUT2D eigenvalue weighted by atomic mass is 32.1. The molecule has 3 aromatic rings. The summed E-state index contributed by atoms with van der Waals surface area (Å²) in [6.07, 6.45) is 0. The predicted molar refractivity (Wildman–Crippen MR) is 92.6 cm³/mol. The summed E-state index contributed by atoms with van der Waals surface area (Å²) in [6.45, 7) is 1.06. The fraction of sp³-hybridized carbons (Fsp3) is 0.200. The molecular weight excluding hydrogens is 350 g/mol. The molecule has 2 heterocycles. The van der Waals surface area contributed by atoms with Gasteiger partial charge in [0.15, 0.2) is 4.80 Å². The number of methoxy groups -OCH3 is 1. The third-order valence-electron chi connectivity index (χ3n) is 3.29. The Hall–Kier alpha value is -2.36. The van der Waals surface area contributed by atoms with Crippen molar-refractivity contribution in [3.63, 3.8) is 0 Å². The van der Waals surface area contributed by atoms with Crippen molar-refractivity contribution in [3.8, 4) is 0 Å². The Morgan fingerprint density at radius 1 is 1.29 bits per heavy atom. The minimum atomic E-state index is -0.514. The van der Waals surface area contributed by atoms with Crippen molar-refractivity contribution >= 4 is 43.8 Å². The molecule has 0 atom stereocenters. The zero-order valence-electron chi connectivity index (χ0n) is 12.7. The van der Waals surface area contributed by atoms with Crippen LogP contribution in [0.4, 0.5) is 5.00 Å². The minimum Gasteiger partial charge on any atom is -0.383 e. The van der Waals surface area contributed by atoms with E-state index in [0.717, 1.165) is 21.6 Å². The number of hydrogen-bond acceptors (Lipinski definition) is 6. The van der Waals surface area contributed by atoms with Crippen molar-refractivity contribution < 1.29 is 14.5 Å². The molecule has 3 rings (SSSR count). The first-order chi connectivity index (χ1) is 11.6. The topological polar surface area (TPSA) is 86.7 Å². The third-order valence-corrected chi connectivity index (χ3v) is 5.37. The van der Waals surface area contributed by atoms with Crippen LogP contribution in [0.3, 0.4) is 0 Å². The van der Waals surface area contributed by atoms with E-state index < -0.39 is 10.8 Å². The molecule has 0 spiro atoms. The summed E-state index contributed by atoms with van der Waals surface area (Å²) in [5.41, 5.74) is 0.975. The van der Waals surface area contributed by atoms with E-state index in [1.54, 1.807) is 7.11 Å². The molecule has 0 bridgehead atoms. The lowest BCUT2D eigenvalue weighted by Gasteiger charge is -2.03. The minimum absolute atomic E-state index is 0.0721. The summed E-state index contributed by atoms with van der Waals surface area (Å²) in [6, 6.07) is 10.5. The van der Waals surface area contributed by atoms with E-state index in [-0.39, 0.29) is 9.88 Å². The molecule has 1 amide bonds. The number of hydrogen-bond donors (Lipinski definition) is 0. The van der Waals surface area contributed by atoms with Gasteiger partial charge in [0, 0.05) is 19.7 Å². The van der Waals surface area contributed by atoms with Gasteiger partial charge in [0.05, 0.1) is 21.7 Å². The Bertz CT molecular complexity index is 970. The first kappa shape index (κ1) is 16.5. The van der Waals surface area contributed by atoms with Crippen LogP contribution >= 0.6 is 22.7 Å². The quantitative estimate of drug-likeness (QED) is 0.515. The number of carbonyl (C=O) groups is 1. The second-order valence-corrected chi connectivity index (χ2v) is 6.88. The van der Waals surface area contributed by atoms with E-state index in [2.05, 4.69) is 4.99 Å². The molecule has 9 heteroatoms. The Morgan fingerprint density at radius 3 is 2.79 bits per heavy atom. The maximum absolute atomic E-state index is 12.3. The van der Waals surface area contributed by atoms with E-state index in [9.17, 15) is 14.9 Å². The second-order valence-electron chi connectivity index (χ2n) is 4.81. The number of para-hydroxylation sites is 1. The van der Waals surface area contributed by atoms with Gasteiger partial charge in [-0.15, -0.1) is 0 Å². The standard InChI is InChI=1S/C15H13N3O4S2/c1-22-9-8-17-10-4-2-3-5-11(10)24-15(17)16-14(19)12-6-7-13(23-12)18(20)21/h2-7H,8-9H2,1H3.